The van der Waals surface area contributed by atoms with Crippen LogP contribution in [-0.4, -0.2) is 64.4 Å². The van der Waals surface area contributed by atoms with Gasteiger partial charge in [-0.25, -0.2) is 4.79 Å². The molecule has 0 unspecified atom stereocenters. The second kappa shape index (κ2) is 9.58. The van der Waals surface area contributed by atoms with Crippen LogP contribution in [0.5, 0.6) is 0 Å². The smallest absolute Gasteiger partial charge is 0.410 e. The minimum absolute atomic E-state index is 0.0164. The number of carbonyl (C=O) groups is 2. The molecule has 0 bridgehead atoms. The maximum atomic E-state index is 11.7. The first-order valence-electron chi connectivity index (χ1n) is 9.85. The van der Waals surface area contributed by atoms with Gasteiger partial charge in [-0.05, 0) is 51.3 Å². The van der Waals surface area contributed by atoms with Gasteiger partial charge < -0.3 is 14.5 Å². The van der Waals surface area contributed by atoms with Crippen molar-refractivity contribution in [1.29, 1.82) is 0 Å². The van der Waals surface area contributed by atoms with E-state index in [0.29, 0.717) is 5.56 Å². The number of likely N-dealkylation sites (tertiary alicyclic amines) is 1. The van der Waals surface area contributed by atoms with Gasteiger partial charge in [0.25, 0.3) is 5.91 Å². The number of hydrogen-bond donors (Lipinski definition) is 0. The van der Waals surface area contributed by atoms with Crippen LogP contribution in [0.1, 0.15) is 44.0 Å². The SMILES string of the molecule is CC(C)(C)OC(=O)N1CCCC1.CN(C)C(=O)c1ccc(-c2cnn(C)c2)cc1. The number of rotatable bonds is 2. The summed E-state index contributed by atoms with van der Waals surface area (Å²) in [5, 5.41) is 4.12. The molecule has 29 heavy (non-hydrogen) atoms. The third-order valence-electron chi connectivity index (χ3n) is 4.33. The number of hydrogen-bond acceptors (Lipinski definition) is 4. The molecule has 0 spiro atoms. The number of nitrogens with zero attached hydrogens (tertiary/aromatic N) is 4. The molecule has 0 atom stereocenters. The van der Waals surface area contributed by atoms with E-state index in [4.69, 9.17) is 4.74 Å². The molecule has 0 N–H and O–H groups in total. The van der Waals surface area contributed by atoms with Gasteiger partial charge in [-0.15, -0.1) is 0 Å². The topological polar surface area (TPSA) is 67.7 Å². The van der Waals surface area contributed by atoms with Gasteiger partial charge in [-0.1, -0.05) is 12.1 Å². The summed E-state index contributed by atoms with van der Waals surface area (Å²) in [4.78, 5) is 26.4. The number of aryl methyl sites for hydroxylation is 1. The Bertz CT molecular complexity index is 813. The number of amides is 2. The molecule has 0 aliphatic carbocycles. The molecule has 7 nitrogen and oxygen atoms in total. The fourth-order valence-electron chi connectivity index (χ4n) is 2.86. The maximum absolute atomic E-state index is 11.7. The third-order valence-corrected chi connectivity index (χ3v) is 4.33. The second-order valence-corrected chi connectivity index (χ2v) is 8.35. The molecule has 1 aliphatic heterocycles. The van der Waals surface area contributed by atoms with Crippen LogP contribution in [0, 0.1) is 0 Å². The summed E-state index contributed by atoms with van der Waals surface area (Å²) >= 11 is 0. The summed E-state index contributed by atoms with van der Waals surface area (Å²) in [6.45, 7) is 7.38. The molecule has 2 heterocycles. The normalized spacial score (nSPS) is 13.5. The van der Waals surface area contributed by atoms with Crippen LogP contribution in [0.4, 0.5) is 4.79 Å². The average Bonchev–Trinajstić information content (AvgIpc) is 3.32. The van der Waals surface area contributed by atoms with Gasteiger partial charge in [-0.2, -0.15) is 5.10 Å². The highest BCUT2D eigenvalue weighted by Crippen LogP contribution is 2.19. The Hall–Kier alpha value is -2.83. The highest BCUT2D eigenvalue weighted by Gasteiger charge is 2.23. The Labute approximate surface area is 173 Å². The monoisotopic (exact) mass is 400 g/mol. The molecule has 3 rings (SSSR count). The van der Waals surface area contributed by atoms with Crippen LogP contribution in [0.2, 0.25) is 0 Å². The molecular weight excluding hydrogens is 368 g/mol. The molecule has 1 aromatic heterocycles. The van der Waals surface area contributed by atoms with Crippen molar-refractivity contribution in [2.24, 2.45) is 7.05 Å². The predicted octanol–water partition coefficient (Wildman–Crippen LogP) is 3.81. The zero-order valence-corrected chi connectivity index (χ0v) is 18.3. The predicted molar refractivity (Wildman–Crippen MR) is 114 cm³/mol. The van der Waals surface area contributed by atoms with Crippen LogP contribution < -0.4 is 0 Å². The van der Waals surface area contributed by atoms with Crippen molar-refractivity contribution in [3.63, 3.8) is 0 Å². The van der Waals surface area contributed by atoms with Gasteiger partial charge >= 0.3 is 6.09 Å². The van der Waals surface area contributed by atoms with Crippen molar-refractivity contribution in [2.45, 2.75) is 39.2 Å². The number of carbonyl (C=O) groups excluding carboxylic acids is 2. The lowest BCUT2D eigenvalue weighted by atomic mass is 10.1. The molecule has 1 saturated heterocycles. The Kier molecular flexibility index (Phi) is 7.42. The summed E-state index contributed by atoms with van der Waals surface area (Å²) in [5.74, 6) is 0.0164. The summed E-state index contributed by atoms with van der Waals surface area (Å²) in [6.07, 6.45) is 5.81. The molecule has 158 valence electrons. The summed E-state index contributed by atoms with van der Waals surface area (Å²) in [7, 11) is 5.38. The molecule has 0 radical (unpaired) electrons. The average molecular weight is 401 g/mol. The Morgan fingerprint density at radius 1 is 1.03 bits per heavy atom. The minimum Gasteiger partial charge on any atom is -0.444 e. The van der Waals surface area contributed by atoms with Crippen molar-refractivity contribution in [3.05, 3.63) is 42.2 Å². The highest BCUT2D eigenvalue weighted by molar-refractivity contribution is 5.94. The summed E-state index contributed by atoms with van der Waals surface area (Å²) in [5.41, 5.74) is 2.45. The Balaban J connectivity index is 0.000000221. The van der Waals surface area contributed by atoms with Crippen molar-refractivity contribution >= 4 is 12.0 Å². The minimum atomic E-state index is -0.361. The Morgan fingerprint density at radius 3 is 2.07 bits per heavy atom. The van der Waals surface area contributed by atoms with Crippen LogP contribution in [0.3, 0.4) is 0 Å². The zero-order chi connectivity index (χ0) is 21.6. The van der Waals surface area contributed by atoms with Crippen molar-refractivity contribution in [3.8, 4) is 11.1 Å². The van der Waals surface area contributed by atoms with Gasteiger partial charge in [0.2, 0.25) is 0 Å². The summed E-state index contributed by atoms with van der Waals surface area (Å²) < 4.78 is 6.97. The fourth-order valence-corrected chi connectivity index (χ4v) is 2.86. The first-order chi connectivity index (χ1) is 13.6. The van der Waals surface area contributed by atoms with Crippen molar-refractivity contribution < 1.29 is 14.3 Å². The van der Waals surface area contributed by atoms with Gasteiger partial charge in [-0.3, -0.25) is 9.48 Å². The maximum Gasteiger partial charge on any atom is 0.410 e. The lowest BCUT2D eigenvalue weighted by Crippen LogP contribution is -2.34. The molecule has 1 aliphatic rings. The third kappa shape index (κ3) is 6.93. The largest absolute Gasteiger partial charge is 0.444 e. The van der Waals surface area contributed by atoms with Crippen LogP contribution in [-0.2, 0) is 11.8 Å². The first-order valence-corrected chi connectivity index (χ1v) is 9.85. The molecule has 1 aromatic carbocycles. The quantitative estimate of drug-likeness (QED) is 0.769. The number of benzene rings is 1. The molecular formula is C22H32N4O3. The fraction of sp³-hybridized carbons (Fsp3) is 0.500. The van der Waals surface area contributed by atoms with E-state index in [9.17, 15) is 9.59 Å². The van der Waals surface area contributed by atoms with E-state index < -0.39 is 0 Å². The molecule has 7 heteroatoms. The van der Waals surface area contributed by atoms with E-state index in [0.717, 1.165) is 37.1 Å². The highest BCUT2D eigenvalue weighted by atomic mass is 16.6. The number of aromatic nitrogens is 2. The second-order valence-electron chi connectivity index (χ2n) is 8.35. The Morgan fingerprint density at radius 2 is 1.62 bits per heavy atom. The molecule has 0 saturated carbocycles. The van der Waals surface area contributed by atoms with E-state index in [1.165, 1.54) is 0 Å². The van der Waals surface area contributed by atoms with E-state index >= 15 is 0 Å². The molecule has 1 fully saturated rings. The van der Waals surface area contributed by atoms with Gasteiger partial charge in [0.05, 0.1) is 6.20 Å². The van der Waals surface area contributed by atoms with Crippen LogP contribution >= 0.6 is 0 Å². The van der Waals surface area contributed by atoms with E-state index in [1.807, 2.05) is 64.5 Å². The molecule has 2 aromatic rings. The van der Waals surface area contributed by atoms with Crippen molar-refractivity contribution in [1.82, 2.24) is 19.6 Å². The van der Waals surface area contributed by atoms with Crippen molar-refractivity contribution in [2.75, 3.05) is 27.2 Å². The molecule has 2 amide bonds. The standard InChI is InChI=1S/C13H15N3O.C9H17NO2/c1-15(2)13(17)11-6-4-10(5-7-11)12-8-14-16(3)9-12;1-9(2,3)12-8(11)10-6-4-5-7-10/h4-9H,1-3H3;4-7H2,1-3H3. The van der Waals surface area contributed by atoms with E-state index in [-0.39, 0.29) is 17.6 Å². The van der Waals surface area contributed by atoms with E-state index in [2.05, 4.69) is 5.10 Å². The van der Waals surface area contributed by atoms with Crippen LogP contribution in [0.25, 0.3) is 11.1 Å². The first kappa shape index (κ1) is 22.5. The lowest BCUT2D eigenvalue weighted by Gasteiger charge is -2.23. The van der Waals surface area contributed by atoms with Gasteiger partial charge in [0, 0.05) is 51.6 Å². The summed E-state index contributed by atoms with van der Waals surface area (Å²) in [6, 6.07) is 7.55. The lowest BCUT2D eigenvalue weighted by molar-refractivity contribution is 0.0295. The van der Waals surface area contributed by atoms with E-state index in [1.54, 1.807) is 28.6 Å². The number of ether oxygens (including phenoxy) is 1. The van der Waals surface area contributed by atoms with Gasteiger partial charge in [0.15, 0.2) is 0 Å². The zero-order valence-electron chi connectivity index (χ0n) is 18.3. The van der Waals surface area contributed by atoms with Crippen LogP contribution in [0.15, 0.2) is 36.7 Å². The van der Waals surface area contributed by atoms with Gasteiger partial charge in [0.1, 0.15) is 5.60 Å².